The minimum atomic E-state index is -0.121. The minimum Gasteiger partial charge on any atom is -0.352 e. The molecule has 0 radical (unpaired) electrons. The first-order chi connectivity index (χ1) is 8.18. The largest absolute Gasteiger partial charge is 0.352 e. The van der Waals surface area contributed by atoms with Crippen LogP contribution in [0.2, 0.25) is 5.02 Å². The van der Waals surface area contributed by atoms with Gasteiger partial charge in [0.1, 0.15) is 0 Å². The zero-order valence-electron chi connectivity index (χ0n) is 9.33. The molecule has 1 saturated carbocycles. The number of alkyl halides is 1. The summed E-state index contributed by atoms with van der Waals surface area (Å²) in [7, 11) is 0. The third-order valence-corrected chi connectivity index (χ3v) is 4.61. The van der Waals surface area contributed by atoms with E-state index in [2.05, 4.69) is 26.2 Å². The summed E-state index contributed by atoms with van der Waals surface area (Å²) in [6.45, 7) is 0.702. The Kier molecular flexibility index (Phi) is 4.40. The van der Waals surface area contributed by atoms with Gasteiger partial charge in [-0.25, -0.2) is 0 Å². The number of hydrogen-bond acceptors (Lipinski definition) is 2. The van der Waals surface area contributed by atoms with Crippen molar-refractivity contribution >= 4 is 33.4 Å². The van der Waals surface area contributed by atoms with Crippen LogP contribution in [-0.4, -0.2) is 22.3 Å². The third kappa shape index (κ3) is 3.19. The van der Waals surface area contributed by atoms with E-state index in [0.29, 0.717) is 27.9 Å². The molecule has 2 rings (SSSR count). The Bertz CT molecular complexity index is 413. The van der Waals surface area contributed by atoms with Gasteiger partial charge in [0.05, 0.1) is 10.6 Å². The van der Waals surface area contributed by atoms with E-state index in [-0.39, 0.29) is 5.91 Å². The second-order valence-corrected chi connectivity index (χ2v) is 5.86. The van der Waals surface area contributed by atoms with E-state index in [1.807, 2.05) is 0 Å². The molecule has 1 heterocycles. The smallest absolute Gasteiger partial charge is 0.252 e. The van der Waals surface area contributed by atoms with E-state index in [1.165, 1.54) is 25.5 Å². The van der Waals surface area contributed by atoms with E-state index < -0.39 is 0 Å². The number of carbonyl (C=O) groups is 1. The first kappa shape index (κ1) is 12.8. The Morgan fingerprint density at radius 1 is 1.59 bits per heavy atom. The molecular formula is C12H14BrClN2O. The summed E-state index contributed by atoms with van der Waals surface area (Å²) in [5.74, 6) is 0.406. The Balaban J connectivity index is 1.91. The van der Waals surface area contributed by atoms with Gasteiger partial charge in [0.2, 0.25) is 0 Å². The Hall–Kier alpha value is -0.610. The quantitative estimate of drug-likeness (QED) is 0.871. The normalized spacial score (nSPS) is 23.6. The van der Waals surface area contributed by atoms with Crippen LogP contribution < -0.4 is 5.32 Å². The molecule has 1 amide bonds. The summed E-state index contributed by atoms with van der Waals surface area (Å²) in [4.78, 5) is 16.3. The SMILES string of the molecule is O=C(NCC1CCCC1Br)c1ccncc1Cl. The maximum Gasteiger partial charge on any atom is 0.252 e. The maximum absolute atomic E-state index is 11.9. The molecule has 1 aliphatic carbocycles. The van der Waals surface area contributed by atoms with Gasteiger partial charge in [-0.2, -0.15) is 0 Å². The van der Waals surface area contributed by atoms with Crippen molar-refractivity contribution in [3.8, 4) is 0 Å². The summed E-state index contributed by atoms with van der Waals surface area (Å²) >= 11 is 9.55. The van der Waals surface area contributed by atoms with Gasteiger partial charge in [-0.05, 0) is 24.8 Å². The number of amides is 1. The van der Waals surface area contributed by atoms with Gasteiger partial charge in [0.25, 0.3) is 5.91 Å². The van der Waals surface area contributed by atoms with Crippen LogP contribution in [0.3, 0.4) is 0 Å². The number of rotatable bonds is 3. The molecule has 1 aromatic heterocycles. The van der Waals surface area contributed by atoms with Crippen LogP contribution in [0.4, 0.5) is 0 Å². The molecule has 1 N–H and O–H groups in total. The lowest BCUT2D eigenvalue weighted by atomic mass is 10.1. The van der Waals surface area contributed by atoms with Gasteiger partial charge < -0.3 is 5.32 Å². The summed E-state index contributed by atoms with van der Waals surface area (Å²) in [5, 5.41) is 3.33. The highest BCUT2D eigenvalue weighted by molar-refractivity contribution is 9.09. The van der Waals surface area contributed by atoms with Crippen LogP contribution in [0.25, 0.3) is 0 Å². The van der Waals surface area contributed by atoms with E-state index >= 15 is 0 Å². The molecule has 0 spiro atoms. The van der Waals surface area contributed by atoms with Crippen molar-refractivity contribution in [2.75, 3.05) is 6.54 Å². The zero-order chi connectivity index (χ0) is 12.3. The molecule has 0 bridgehead atoms. The predicted molar refractivity (Wildman–Crippen MR) is 71.6 cm³/mol. The summed E-state index contributed by atoms with van der Waals surface area (Å²) in [6, 6.07) is 1.64. The Labute approximate surface area is 114 Å². The third-order valence-electron chi connectivity index (χ3n) is 3.11. The second-order valence-electron chi connectivity index (χ2n) is 4.27. The van der Waals surface area contributed by atoms with Crippen molar-refractivity contribution < 1.29 is 4.79 Å². The molecule has 1 fully saturated rings. The lowest BCUT2D eigenvalue weighted by Crippen LogP contribution is -2.31. The maximum atomic E-state index is 11.9. The number of hydrogen-bond donors (Lipinski definition) is 1. The minimum absolute atomic E-state index is 0.121. The van der Waals surface area contributed by atoms with Crippen LogP contribution in [0.15, 0.2) is 18.5 Å². The number of aromatic nitrogens is 1. The van der Waals surface area contributed by atoms with Gasteiger partial charge in [-0.1, -0.05) is 34.0 Å². The molecule has 2 unspecified atom stereocenters. The lowest BCUT2D eigenvalue weighted by Gasteiger charge is -2.14. The van der Waals surface area contributed by atoms with Gasteiger partial charge in [0, 0.05) is 23.8 Å². The topological polar surface area (TPSA) is 42.0 Å². The molecular weight excluding hydrogens is 304 g/mol. The molecule has 1 aromatic rings. The van der Waals surface area contributed by atoms with Crippen molar-refractivity contribution in [3.63, 3.8) is 0 Å². The van der Waals surface area contributed by atoms with Crippen LogP contribution >= 0.6 is 27.5 Å². The van der Waals surface area contributed by atoms with Gasteiger partial charge in [-0.15, -0.1) is 0 Å². The van der Waals surface area contributed by atoms with Gasteiger partial charge in [-0.3, -0.25) is 9.78 Å². The average molecular weight is 318 g/mol. The molecule has 2 atom stereocenters. The number of nitrogens with one attached hydrogen (secondary N) is 1. The van der Waals surface area contributed by atoms with Crippen molar-refractivity contribution in [2.24, 2.45) is 5.92 Å². The fourth-order valence-electron chi connectivity index (χ4n) is 2.10. The summed E-state index contributed by atoms with van der Waals surface area (Å²) in [6.07, 6.45) is 6.65. The molecule has 1 aliphatic rings. The van der Waals surface area contributed by atoms with E-state index in [0.717, 1.165) is 0 Å². The van der Waals surface area contributed by atoms with E-state index in [9.17, 15) is 4.79 Å². The fourth-order valence-corrected chi connectivity index (χ4v) is 3.08. The highest BCUT2D eigenvalue weighted by Gasteiger charge is 2.25. The lowest BCUT2D eigenvalue weighted by molar-refractivity contribution is 0.0948. The molecule has 0 saturated heterocycles. The number of pyridine rings is 1. The summed E-state index contributed by atoms with van der Waals surface area (Å²) < 4.78 is 0. The van der Waals surface area contributed by atoms with Crippen molar-refractivity contribution in [1.82, 2.24) is 10.3 Å². The highest BCUT2D eigenvalue weighted by Crippen LogP contribution is 2.30. The van der Waals surface area contributed by atoms with Gasteiger partial charge in [0.15, 0.2) is 0 Å². The standard InChI is InChI=1S/C12H14BrClN2O/c13-10-3-1-2-8(10)6-16-12(17)9-4-5-15-7-11(9)14/h4-5,7-8,10H,1-3,6H2,(H,16,17). The summed E-state index contributed by atoms with van der Waals surface area (Å²) in [5.41, 5.74) is 0.491. The first-order valence-electron chi connectivity index (χ1n) is 5.70. The van der Waals surface area contributed by atoms with E-state index in [1.54, 1.807) is 12.3 Å². The Morgan fingerprint density at radius 2 is 2.41 bits per heavy atom. The first-order valence-corrected chi connectivity index (χ1v) is 6.99. The van der Waals surface area contributed by atoms with Crippen LogP contribution in [0.5, 0.6) is 0 Å². The second kappa shape index (κ2) is 5.83. The number of nitrogens with zero attached hydrogens (tertiary/aromatic N) is 1. The van der Waals surface area contributed by atoms with Crippen LogP contribution in [0.1, 0.15) is 29.6 Å². The molecule has 92 valence electrons. The van der Waals surface area contributed by atoms with E-state index in [4.69, 9.17) is 11.6 Å². The highest BCUT2D eigenvalue weighted by atomic mass is 79.9. The average Bonchev–Trinajstić information content (AvgIpc) is 2.72. The van der Waals surface area contributed by atoms with Crippen LogP contribution in [0, 0.1) is 5.92 Å². The Morgan fingerprint density at radius 3 is 3.06 bits per heavy atom. The fraction of sp³-hybridized carbons (Fsp3) is 0.500. The number of carbonyl (C=O) groups excluding carboxylic acids is 1. The molecule has 3 nitrogen and oxygen atoms in total. The van der Waals surface area contributed by atoms with Crippen molar-refractivity contribution in [3.05, 3.63) is 29.0 Å². The molecule has 17 heavy (non-hydrogen) atoms. The monoisotopic (exact) mass is 316 g/mol. The zero-order valence-corrected chi connectivity index (χ0v) is 11.7. The molecule has 0 aliphatic heterocycles. The predicted octanol–water partition coefficient (Wildman–Crippen LogP) is 3.03. The van der Waals surface area contributed by atoms with Gasteiger partial charge >= 0.3 is 0 Å². The van der Waals surface area contributed by atoms with Crippen LogP contribution in [-0.2, 0) is 0 Å². The molecule has 5 heteroatoms. The van der Waals surface area contributed by atoms with Crippen molar-refractivity contribution in [2.45, 2.75) is 24.1 Å². The molecule has 0 aromatic carbocycles. The van der Waals surface area contributed by atoms with Crippen molar-refractivity contribution in [1.29, 1.82) is 0 Å². The number of halogens is 2.